The summed E-state index contributed by atoms with van der Waals surface area (Å²) in [7, 11) is 0. The van der Waals surface area contributed by atoms with Crippen LogP contribution in [0.4, 0.5) is 4.79 Å². The normalized spacial score (nSPS) is 17.6. The molecule has 0 saturated carbocycles. The molecule has 0 aliphatic carbocycles. The maximum absolute atomic E-state index is 12.5. The molecule has 1 aliphatic heterocycles. The number of carbonyl (C=O) groups excluding carboxylic acids is 1. The highest BCUT2D eigenvalue weighted by Crippen LogP contribution is 2.29. The van der Waals surface area contributed by atoms with Crippen LogP contribution in [0.25, 0.3) is 0 Å². The van der Waals surface area contributed by atoms with E-state index in [-0.39, 0.29) is 17.6 Å². The molecule has 3 rings (SSSR count). The fraction of sp³-hybridized carbons (Fsp3) is 0.438. The lowest BCUT2D eigenvalue weighted by molar-refractivity contribution is 0.0512. The van der Waals surface area contributed by atoms with Gasteiger partial charge < -0.3 is 10.2 Å². The zero-order valence-corrected chi connectivity index (χ0v) is 12.9. The first-order valence-electron chi connectivity index (χ1n) is 7.52. The van der Waals surface area contributed by atoms with E-state index in [0.29, 0.717) is 6.54 Å². The van der Waals surface area contributed by atoms with E-state index in [0.717, 1.165) is 18.5 Å². The van der Waals surface area contributed by atoms with Crippen molar-refractivity contribution in [2.45, 2.75) is 38.4 Å². The molecule has 2 aromatic rings. The van der Waals surface area contributed by atoms with E-state index in [2.05, 4.69) is 29.2 Å². The maximum atomic E-state index is 12.5. The van der Waals surface area contributed by atoms with E-state index < -0.39 is 0 Å². The Hall–Kier alpha value is -2.37. The largest absolute Gasteiger partial charge is 0.329 e. The molecule has 0 bridgehead atoms. The molecule has 1 N–H and O–H groups in total. The van der Waals surface area contributed by atoms with Gasteiger partial charge in [-0.3, -0.25) is 4.68 Å². The summed E-state index contributed by atoms with van der Waals surface area (Å²) < 4.78 is 1.74. The predicted molar refractivity (Wildman–Crippen MR) is 83.1 cm³/mol. The molecule has 1 aromatic heterocycles. The first-order valence-corrected chi connectivity index (χ1v) is 7.52. The predicted octanol–water partition coefficient (Wildman–Crippen LogP) is 2.21. The number of aromatic nitrogens is 3. The summed E-state index contributed by atoms with van der Waals surface area (Å²) in [4.78, 5) is 18.4. The van der Waals surface area contributed by atoms with Gasteiger partial charge in [-0.25, -0.2) is 9.78 Å². The minimum absolute atomic E-state index is 0.0229. The number of hydrogen-bond acceptors (Lipinski definition) is 3. The SMILES string of the molecule is CC1(C)CCN1C(=O)N[C@@H](Cn1cncn1)c1ccccc1. The molecule has 116 valence electrons. The summed E-state index contributed by atoms with van der Waals surface area (Å²) in [5.41, 5.74) is 1.00. The van der Waals surface area contributed by atoms with Crippen molar-refractivity contribution in [1.29, 1.82) is 0 Å². The second-order valence-corrected chi connectivity index (χ2v) is 6.24. The second kappa shape index (κ2) is 5.79. The van der Waals surface area contributed by atoms with Gasteiger partial charge in [-0.15, -0.1) is 0 Å². The van der Waals surface area contributed by atoms with Gasteiger partial charge in [-0.1, -0.05) is 30.3 Å². The van der Waals surface area contributed by atoms with Gasteiger partial charge >= 0.3 is 6.03 Å². The number of nitrogens with zero attached hydrogens (tertiary/aromatic N) is 4. The summed E-state index contributed by atoms with van der Waals surface area (Å²) in [6, 6.07) is 9.80. The van der Waals surface area contributed by atoms with Crippen LogP contribution in [0.2, 0.25) is 0 Å². The van der Waals surface area contributed by atoms with Gasteiger partial charge in [-0.05, 0) is 25.8 Å². The molecule has 1 saturated heterocycles. The average molecular weight is 299 g/mol. The van der Waals surface area contributed by atoms with Gasteiger partial charge in [0.05, 0.1) is 12.6 Å². The third-order valence-corrected chi connectivity index (χ3v) is 4.26. The number of urea groups is 1. The van der Waals surface area contributed by atoms with E-state index in [1.165, 1.54) is 6.33 Å². The molecule has 1 aliphatic rings. The molecule has 0 unspecified atom stereocenters. The first-order chi connectivity index (χ1) is 10.6. The van der Waals surface area contributed by atoms with Crippen molar-refractivity contribution in [3.63, 3.8) is 0 Å². The number of nitrogens with one attached hydrogen (secondary N) is 1. The van der Waals surface area contributed by atoms with Crippen LogP contribution in [0.5, 0.6) is 0 Å². The lowest BCUT2D eigenvalue weighted by Crippen LogP contribution is -2.61. The van der Waals surface area contributed by atoms with Crippen LogP contribution in [0.3, 0.4) is 0 Å². The number of hydrogen-bond donors (Lipinski definition) is 1. The van der Waals surface area contributed by atoms with Gasteiger partial charge in [0.25, 0.3) is 0 Å². The number of amides is 2. The van der Waals surface area contributed by atoms with Crippen molar-refractivity contribution in [2.75, 3.05) is 6.54 Å². The highest BCUT2D eigenvalue weighted by atomic mass is 16.2. The molecule has 1 fully saturated rings. The Morgan fingerprint density at radius 2 is 2.14 bits per heavy atom. The zero-order valence-electron chi connectivity index (χ0n) is 12.9. The van der Waals surface area contributed by atoms with Gasteiger partial charge in [0.15, 0.2) is 0 Å². The minimum atomic E-state index is -0.133. The third-order valence-electron chi connectivity index (χ3n) is 4.26. The summed E-state index contributed by atoms with van der Waals surface area (Å²) >= 11 is 0. The van der Waals surface area contributed by atoms with Gasteiger partial charge in [0.1, 0.15) is 12.7 Å². The standard InChI is InChI=1S/C16H21N5O/c1-16(2)8-9-21(16)15(22)19-14(10-20-12-17-11-18-20)13-6-4-3-5-7-13/h3-7,11-12,14H,8-10H2,1-2H3,(H,19,22)/t14-/m0/s1. The molecular weight excluding hydrogens is 278 g/mol. The van der Waals surface area contributed by atoms with E-state index in [9.17, 15) is 4.79 Å². The summed E-state index contributed by atoms with van der Waals surface area (Å²) in [6.45, 7) is 5.55. The Kier molecular flexibility index (Phi) is 3.83. The van der Waals surface area contributed by atoms with E-state index >= 15 is 0 Å². The van der Waals surface area contributed by atoms with Crippen molar-refractivity contribution in [3.05, 3.63) is 48.5 Å². The van der Waals surface area contributed by atoms with Gasteiger partial charge in [-0.2, -0.15) is 5.10 Å². The first kappa shape index (κ1) is 14.6. The molecule has 6 heteroatoms. The molecule has 2 amide bonds. The van der Waals surface area contributed by atoms with Crippen LogP contribution < -0.4 is 5.32 Å². The highest BCUT2D eigenvalue weighted by molar-refractivity contribution is 5.76. The molecule has 0 spiro atoms. The van der Waals surface area contributed by atoms with Crippen molar-refractivity contribution < 1.29 is 4.79 Å². The Morgan fingerprint density at radius 1 is 1.36 bits per heavy atom. The molecule has 22 heavy (non-hydrogen) atoms. The van der Waals surface area contributed by atoms with Crippen LogP contribution in [-0.4, -0.2) is 37.8 Å². The lowest BCUT2D eigenvalue weighted by Gasteiger charge is -2.48. The fourth-order valence-corrected chi connectivity index (χ4v) is 2.71. The minimum Gasteiger partial charge on any atom is -0.329 e. The van der Waals surface area contributed by atoms with E-state index in [4.69, 9.17) is 0 Å². The highest BCUT2D eigenvalue weighted by Gasteiger charge is 2.39. The van der Waals surface area contributed by atoms with Crippen molar-refractivity contribution in [3.8, 4) is 0 Å². The number of carbonyl (C=O) groups is 1. The van der Waals surface area contributed by atoms with Crippen molar-refractivity contribution in [1.82, 2.24) is 25.0 Å². The fourth-order valence-electron chi connectivity index (χ4n) is 2.71. The number of rotatable bonds is 4. The smallest absolute Gasteiger partial charge is 0.318 e. The molecule has 0 radical (unpaired) electrons. The average Bonchev–Trinajstić information content (AvgIpc) is 2.99. The topological polar surface area (TPSA) is 63.1 Å². The summed E-state index contributed by atoms with van der Waals surface area (Å²) in [6.07, 6.45) is 4.21. The third kappa shape index (κ3) is 2.95. The Balaban J connectivity index is 1.75. The monoisotopic (exact) mass is 299 g/mol. The molecule has 1 aromatic carbocycles. The Labute approximate surface area is 130 Å². The number of likely N-dealkylation sites (tertiary alicyclic amines) is 1. The van der Waals surface area contributed by atoms with E-state index in [1.807, 2.05) is 35.2 Å². The second-order valence-electron chi connectivity index (χ2n) is 6.24. The van der Waals surface area contributed by atoms with Crippen molar-refractivity contribution in [2.24, 2.45) is 0 Å². The van der Waals surface area contributed by atoms with Crippen LogP contribution in [0.15, 0.2) is 43.0 Å². The van der Waals surface area contributed by atoms with Crippen molar-refractivity contribution >= 4 is 6.03 Å². The van der Waals surface area contributed by atoms with Crippen LogP contribution >= 0.6 is 0 Å². The Morgan fingerprint density at radius 3 is 2.68 bits per heavy atom. The maximum Gasteiger partial charge on any atom is 0.318 e. The molecule has 2 heterocycles. The molecular formula is C16H21N5O. The number of benzene rings is 1. The molecule has 1 atom stereocenters. The molecule has 6 nitrogen and oxygen atoms in total. The van der Waals surface area contributed by atoms with Crippen LogP contribution in [-0.2, 0) is 6.54 Å². The lowest BCUT2D eigenvalue weighted by atomic mass is 9.89. The summed E-state index contributed by atoms with van der Waals surface area (Å²) in [5, 5.41) is 7.26. The summed E-state index contributed by atoms with van der Waals surface area (Å²) in [5.74, 6) is 0. The van der Waals surface area contributed by atoms with Gasteiger partial charge in [0.2, 0.25) is 0 Å². The van der Waals surface area contributed by atoms with Gasteiger partial charge in [0, 0.05) is 12.1 Å². The zero-order chi connectivity index (χ0) is 15.6. The van der Waals surface area contributed by atoms with Crippen LogP contribution in [0, 0.1) is 0 Å². The quantitative estimate of drug-likeness (QED) is 0.941. The Bertz CT molecular complexity index is 623. The van der Waals surface area contributed by atoms with E-state index in [1.54, 1.807) is 11.0 Å². The van der Waals surface area contributed by atoms with Crippen LogP contribution in [0.1, 0.15) is 31.9 Å².